The third-order valence-electron chi connectivity index (χ3n) is 3.30. The van der Waals surface area contributed by atoms with E-state index in [9.17, 15) is 18.0 Å². The van der Waals surface area contributed by atoms with Crippen molar-refractivity contribution in [3.05, 3.63) is 41.9 Å². The van der Waals surface area contributed by atoms with Gasteiger partial charge in [-0.05, 0) is 18.6 Å². The molecular weight excluding hydrogens is 315 g/mol. The fourth-order valence-electron chi connectivity index (χ4n) is 1.94. The fraction of sp³-hybridized carbons (Fsp3) is 0.357. The average molecular weight is 327 g/mol. The highest BCUT2D eigenvalue weighted by atomic mass is 19.4. The van der Waals surface area contributed by atoms with Crippen molar-refractivity contribution in [3.63, 3.8) is 0 Å². The van der Waals surface area contributed by atoms with Crippen LogP contribution in [0.5, 0.6) is 5.75 Å². The molecule has 23 heavy (non-hydrogen) atoms. The van der Waals surface area contributed by atoms with Crippen LogP contribution in [-0.2, 0) is 12.8 Å². The second-order valence-corrected chi connectivity index (χ2v) is 4.94. The normalized spacial score (nSPS) is 14.5. The van der Waals surface area contributed by atoms with E-state index in [1.165, 1.54) is 6.26 Å². The van der Waals surface area contributed by atoms with E-state index >= 15 is 0 Å². The van der Waals surface area contributed by atoms with Crippen molar-refractivity contribution in [2.75, 3.05) is 13.1 Å². The lowest BCUT2D eigenvalue weighted by Gasteiger charge is -2.29. The van der Waals surface area contributed by atoms with E-state index in [-0.39, 0.29) is 29.8 Å². The van der Waals surface area contributed by atoms with Crippen LogP contribution in [-0.4, -0.2) is 33.9 Å². The number of ether oxygens (including phenoxy) is 1. The number of carbonyl (C=O) groups excluding carboxylic acids is 1. The first kappa shape index (κ1) is 15.3. The zero-order valence-corrected chi connectivity index (χ0v) is 11.8. The van der Waals surface area contributed by atoms with Crippen LogP contribution in [0.2, 0.25) is 0 Å². The molecule has 6 nitrogen and oxygen atoms in total. The summed E-state index contributed by atoms with van der Waals surface area (Å²) in [7, 11) is 0. The molecule has 0 aliphatic carbocycles. The maximum absolute atomic E-state index is 12.4. The molecule has 2 aromatic rings. The molecule has 0 radical (unpaired) electrons. The Morgan fingerprint density at radius 1 is 1.35 bits per heavy atom. The van der Waals surface area contributed by atoms with E-state index in [1.54, 1.807) is 4.90 Å². The quantitative estimate of drug-likeness (QED) is 0.863. The third kappa shape index (κ3) is 3.43. The van der Waals surface area contributed by atoms with Crippen molar-refractivity contribution in [1.29, 1.82) is 0 Å². The molecule has 1 aliphatic rings. The van der Waals surface area contributed by atoms with Crippen LogP contribution in [0.1, 0.15) is 28.5 Å². The molecule has 9 heteroatoms. The van der Waals surface area contributed by atoms with Gasteiger partial charge in [-0.3, -0.25) is 4.79 Å². The maximum atomic E-state index is 12.4. The van der Waals surface area contributed by atoms with Crippen LogP contribution in [0.3, 0.4) is 0 Å². The van der Waals surface area contributed by atoms with Crippen LogP contribution in [0.4, 0.5) is 13.2 Å². The molecule has 0 saturated carbocycles. The number of alkyl halides is 3. The number of aromatic nitrogens is 2. The highest BCUT2D eigenvalue weighted by Crippen LogP contribution is 2.28. The number of oxazole rings is 1. The van der Waals surface area contributed by atoms with E-state index < -0.39 is 11.9 Å². The number of likely N-dealkylation sites (tertiary alicyclic amines) is 1. The molecule has 0 N–H and O–H groups in total. The number of hydrogen-bond donors (Lipinski definition) is 0. The van der Waals surface area contributed by atoms with E-state index in [0.717, 1.165) is 24.8 Å². The van der Waals surface area contributed by atoms with Crippen molar-refractivity contribution < 1.29 is 27.1 Å². The van der Waals surface area contributed by atoms with Gasteiger partial charge in [0.25, 0.3) is 5.91 Å². The summed E-state index contributed by atoms with van der Waals surface area (Å²) in [5.41, 5.74) is -0.808. The SMILES string of the molecule is O=C(c1coc(COc2ccc(C(F)(F)F)nc2)n1)N1CCC1. The number of amides is 1. The minimum absolute atomic E-state index is 0.111. The van der Waals surface area contributed by atoms with E-state index in [4.69, 9.17) is 9.15 Å². The second kappa shape index (κ2) is 5.90. The van der Waals surface area contributed by atoms with Gasteiger partial charge in [-0.2, -0.15) is 13.2 Å². The molecule has 1 saturated heterocycles. The average Bonchev–Trinajstić information content (AvgIpc) is 2.91. The Balaban J connectivity index is 1.58. The minimum Gasteiger partial charge on any atom is -0.482 e. The monoisotopic (exact) mass is 327 g/mol. The number of rotatable bonds is 4. The summed E-state index contributed by atoms with van der Waals surface area (Å²) in [6.07, 6.45) is -1.31. The van der Waals surface area contributed by atoms with Crippen LogP contribution in [0.15, 0.2) is 29.0 Å². The minimum atomic E-state index is -4.49. The van der Waals surface area contributed by atoms with Crippen molar-refractivity contribution >= 4 is 5.91 Å². The standard InChI is InChI=1S/C14H12F3N3O3/c15-14(16,17)11-3-2-9(6-18-11)22-8-12-19-10(7-23-12)13(21)20-4-1-5-20/h2-3,6-7H,1,4-5,8H2. The molecule has 1 aliphatic heterocycles. The predicted molar refractivity (Wildman–Crippen MR) is 70.6 cm³/mol. The molecule has 0 bridgehead atoms. The molecule has 1 fully saturated rings. The smallest absolute Gasteiger partial charge is 0.433 e. The van der Waals surface area contributed by atoms with Gasteiger partial charge in [0.1, 0.15) is 17.7 Å². The number of nitrogens with zero attached hydrogens (tertiary/aromatic N) is 3. The van der Waals surface area contributed by atoms with Crippen molar-refractivity contribution in [3.8, 4) is 5.75 Å². The van der Waals surface area contributed by atoms with Gasteiger partial charge in [-0.15, -0.1) is 0 Å². The number of carbonyl (C=O) groups is 1. The Hall–Kier alpha value is -2.58. The first-order chi connectivity index (χ1) is 10.9. The highest BCUT2D eigenvalue weighted by Gasteiger charge is 2.32. The third-order valence-corrected chi connectivity index (χ3v) is 3.30. The van der Waals surface area contributed by atoms with Crippen molar-refractivity contribution in [1.82, 2.24) is 14.9 Å². The van der Waals surface area contributed by atoms with Gasteiger partial charge in [0.15, 0.2) is 12.3 Å². The summed E-state index contributed by atoms with van der Waals surface area (Å²) in [5, 5.41) is 0. The summed E-state index contributed by atoms with van der Waals surface area (Å²) in [6, 6.07) is 1.98. The molecule has 0 aromatic carbocycles. The van der Waals surface area contributed by atoms with E-state index in [0.29, 0.717) is 13.1 Å². The molecule has 1 amide bonds. The highest BCUT2D eigenvalue weighted by molar-refractivity contribution is 5.92. The van der Waals surface area contributed by atoms with Gasteiger partial charge in [0.2, 0.25) is 5.89 Å². The van der Waals surface area contributed by atoms with Gasteiger partial charge in [-0.25, -0.2) is 9.97 Å². The molecular formula is C14H12F3N3O3. The molecule has 2 aromatic heterocycles. The van der Waals surface area contributed by atoms with Crippen molar-refractivity contribution in [2.45, 2.75) is 19.2 Å². The zero-order chi connectivity index (χ0) is 16.4. The Labute approximate surface area is 128 Å². The first-order valence-corrected chi connectivity index (χ1v) is 6.83. The molecule has 0 spiro atoms. The topological polar surface area (TPSA) is 68.5 Å². The number of hydrogen-bond acceptors (Lipinski definition) is 5. The molecule has 0 unspecified atom stereocenters. The number of pyridine rings is 1. The van der Waals surface area contributed by atoms with Crippen LogP contribution < -0.4 is 4.74 Å². The van der Waals surface area contributed by atoms with Gasteiger partial charge in [-0.1, -0.05) is 0 Å². The maximum Gasteiger partial charge on any atom is 0.433 e. The summed E-state index contributed by atoms with van der Waals surface area (Å²) in [6.45, 7) is 1.30. The Morgan fingerprint density at radius 2 is 2.13 bits per heavy atom. The zero-order valence-electron chi connectivity index (χ0n) is 11.8. The summed E-state index contributed by atoms with van der Waals surface area (Å²) in [5.74, 6) is 0.100. The van der Waals surface area contributed by atoms with E-state index in [1.807, 2.05) is 0 Å². The van der Waals surface area contributed by atoms with Gasteiger partial charge >= 0.3 is 6.18 Å². The summed E-state index contributed by atoms with van der Waals surface area (Å²) in [4.78, 5) is 20.8. The Morgan fingerprint density at radius 3 is 2.70 bits per heavy atom. The molecule has 3 heterocycles. The second-order valence-electron chi connectivity index (χ2n) is 4.94. The predicted octanol–water partition coefficient (Wildman–Crippen LogP) is 2.51. The van der Waals surface area contributed by atoms with Crippen LogP contribution in [0.25, 0.3) is 0 Å². The molecule has 3 rings (SSSR count). The Bertz CT molecular complexity index is 693. The van der Waals surface area contributed by atoms with Gasteiger partial charge < -0.3 is 14.1 Å². The summed E-state index contributed by atoms with van der Waals surface area (Å²) < 4.78 is 47.5. The van der Waals surface area contributed by atoms with E-state index in [2.05, 4.69) is 9.97 Å². The number of halogens is 3. The van der Waals surface area contributed by atoms with Gasteiger partial charge in [0.05, 0.1) is 6.20 Å². The van der Waals surface area contributed by atoms with Crippen LogP contribution >= 0.6 is 0 Å². The Kier molecular flexibility index (Phi) is 3.93. The molecule has 0 atom stereocenters. The largest absolute Gasteiger partial charge is 0.482 e. The first-order valence-electron chi connectivity index (χ1n) is 6.83. The lowest BCUT2D eigenvalue weighted by Crippen LogP contribution is -2.42. The lowest BCUT2D eigenvalue weighted by atomic mass is 10.2. The van der Waals surface area contributed by atoms with Crippen LogP contribution in [0, 0.1) is 0 Å². The van der Waals surface area contributed by atoms with Gasteiger partial charge in [0, 0.05) is 13.1 Å². The summed E-state index contributed by atoms with van der Waals surface area (Å²) >= 11 is 0. The fourth-order valence-corrected chi connectivity index (χ4v) is 1.94. The lowest BCUT2D eigenvalue weighted by molar-refractivity contribution is -0.141. The van der Waals surface area contributed by atoms with Crippen molar-refractivity contribution in [2.24, 2.45) is 0 Å². The molecule has 122 valence electrons.